The molecule has 27 heavy (non-hydrogen) atoms. The molecule has 2 aromatic carbocycles. The number of rotatable bonds is 6. The van der Waals surface area contributed by atoms with E-state index in [1.54, 1.807) is 12.1 Å². The second-order valence-corrected chi connectivity index (χ2v) is 7.74. The van der Waals surface area contributed by atoms with Crippen molar-refractivity contribution in [2.45, 2.75) is 26.8 Å². The quantitative estimate of drug-likeness (QED) is 0.646. The molecule has 0 aliphatic rings. The summed E-state index contributed by atoms with van der Waals surface area (Å²) in [7, 11) is 0. The fourth-order valence-electron chi connectivity index (χ4n) is 2.51. The number of ether oxygens (including phenoxy) is 1. The molecular weight excluding hydrogens is 360 g/mol. The van der Waals surface area contributed by atoms with Crippen LogP contribution in [0.25, 0.3) is 20.8 Å². The largest absolute Gasteiger partial charge is 0.452 e. The number of thiazole rings is 1. The van der Waals surface area contributed by atoms with Gasteiger partial charge in [0.2, 0.25) is 0 Å². The van der Waals surface area contributed by atoms with Crippen LogP contribution in [0.5, 0.6) is 0 Å². The van der Waals surface area contributed by atoms with Crippen molar-refractivity contribution >= 4 is 33.4 Å². The van der Waals surface area contributed by atoms with E-state index in [2.05, 4.69) is 10.3 Å². The van der Waals surface area contributed by atoms with Crippen LogP contribution in [0.15, 0.2) is 48.5 Å². The lowest BCUT2D eigenvalue weighted by atomic mass is 10.1. The Bertz CT molecular complexity index is 932. The second kappa shape index (κ2) is 8.31. The first-order valence-electron chi connectivity index (χ1n) is 8.87. The number of hydrogen-bond acceptors (Lipinski definition) is 5. The molecule has 0 fully saturated rings. The van der Waals surface area contributed by atoms with Gasteiger partial charge in [-0.2, -0.15) is 0 Å². The topological polar surface area (TPSA) is 68.3 Å². The third-order valence-corrected chi connectivity index (χ3v) is 5.46. The van der Waals surface area contributed by atoms with Gasteiger partial charge in [-0.3, -0.25) is 4.79 Å². The molecule has 0 saturated carbocycles. The minimum absolute atomic E-state index is 0.0197. The summed E-state index contributed by atoms with van der Waals surface area (Å²) in [5.41, 5.74) is 2.00. The molecule has 3 rings (SSSR count). The molecule has 0 unspecified atom stereocenters. The van der Waals surface area contributed by atoms with Crippen LogP contribution in [0, 0.1) is 5.92 Å². The van der Waals surface area contributed by atoms with Crippen LogP contribution in [0.1, 0.15) is 31.1 Å². The van der Waals surface area contributed by atoms with E-state index in [0.29, 0.717) is 17.0 Å². The van der Waals surface area contributed by atoms with Gasteiger partial charge in [-0.15, -0.1) is 11.3 Å². The predicted octanol–water partition coefficient (Wildman–Crippen LogP) is 4.28. The number of para-hydroxylation sites is 1. The van der Waals surface area contributed by atoms with Gasteiger partial charge in [0.05, 0.1) is 15.8 Å². The second-order valence-electron chi connectivity index (χ2n) is 6.71. The Balaban J connectivity index is 1.75. The van der Waals surface area contributed by atoms with E-state index >= 15 is 0 Å². The van der Waals surface area contributed by atoms with Gasteiger partial charge in [0.15, 0.2) is 6.61 Å². The number of carbonyl (C=O) groups is 2. The minimum Gasteiger partial charge on any atom is -0.452 e. The number of nitrogens with zero attached hydrogens (tertiary/aromatic N) is 1. The normalized spacial score (nSPS) is 12.1. The maximum atomic E-state index is 12.6. The maximum Gasteiger partial charge on any atom is 0.339 e. The van der Waals surface area contributed by atoms with E-state index in [0.717, 1.165) is 15.2 Å². The van der Waals surface area contributed by atoms with Crippen LogP contribution in [0.2, 0.25) is 0 Å². The summed E-state index contributed by atoms with van der Waals surface area (Å²) >= 11 is 1.52. The molecule has 5 nitrogen and oxygen atoms in total. The van der Waals surface area contributed by atoms with Gasteiger partial charge in [-0.1, -0.05) is 44.2 Å². The number of amides is 1. The van der Waals surface area contributed by atoms with Crippen molar-refractivity contribution in [2.75, 3.05) is 6.61 Å². The van der Waals surface area contributed by atoms with E-state index in [-0.39, 0.29) is 18.6 Å². The molecule has 0 radical (unpaired) electrons. The highest BCUT2D eigenvalue weighted by Crippen LogP contribution is 2.32. The smallest absolute Gasteiger partial charge is 0.339 e. The highest BCUT2D eigenvalue weighted by atomic mass is 32.1. The van der Waals surface area contributed by atoms with Gasteiger partial charge in [0.25, 0.3) is 5.91 Å². The number of carbonyl (C=O) groups excluding carboxylic acids is 2. The van der Waals surface area contributed by atoms with E-state index in [4.69, 9.17) is 4.74 Å². The molecule has 1 aromatic heterocycles. The van der Waals surface area contributed by atoms with Gasteiger partial charge in [-0.25, -0.2) is 9.78 Å². The number of benzene rings is 2. The van der Waals surface area contributed by atoms with Crippen LogP contribution in [-0.4, -0.2) is 29.5 Å². The van der Waals surface area contributed by atoms with Crippen molar-refractivity contribution in [3.05, 3.63) is 54.1 Å². The van der Waals surface area contributed by atoms with Crippen molar-refractivity contribution in [1.82, 2.24) is 10.3 Å². The summed E-state index contributed by atoms with van der Waals surface area (Å²) in [6.45, 7) is 5.66. The van der Waals surface area contributed by atoms with Crippen molar-refractivity contribution in [3.8, 4) is 10.6 Å². The van der Waals surface area contributed by atoms with E-state index < -0.39 is 5.97 Å². The van der Waals surface area contributed by atoms with Gasteiger partial charge in [0.1, 0.15) is 5.01 Å². The number of hydrogen-bond donors (Lipinski definition) is 1. The number of nitrogens with one attached hydrogen (secondary N) is 1. The van der Waals surface area contributed by atoms with Crippen molar-refractivity contribution in [1.29, 1.82) is 0 Å². The van der Waals surface area contributed by atoms with Gasteiger partial charge in [-0.05, 0) is 31.0 Å². The molecule has 1 N–H and O–H groups in total. The van der Waals surface area contributed by atoms with Crippen molar-refractivity contribution < 1.29 is 14.3 Å². The molecule has 1 atom stereocenters. The standard InChI is InChI=1S/C21H22N2O3S/c1-13(2)14(3)22-19(24)12-26-21(25)16-9-5-4-8-15(16)20-23-17-10-6-7-11-18(17)27-20/h4-11,13-14H,12H2,1-3H3,(H,22,24)/t14-/m0/s1. The van der Waals surface area contributed by atoms with Gasteiger partial charge >= 0.3 is 5.97 Å². The Morgan fingerprint density at radius 2 is 1.78 bits per heavy atom. The Labute approximate surface area is 162 Å². The molecule has 0 aliphatic carbocycles. The molecule has 0 spiro atoms. The Hall–Kier alpha value is -2.73. The highest BCUT2D eigenvalue weighted by Gasteiger charge is 2.18. The third-order valence-electron chi connectivity index (χ3n) is 4.39. The van der Waals surface area contributed by atoms with Crippen LogP contribution < -0.4 is 5.32 Å². The first-order chi connectivity index (χ1) is 13.0. The lowest BCUT2D eigenvalue weighted by Gasteiger charge is -2.17. The summed E-state index contributed by atoms with van der Waals surface area (Å²) in [5, 5.41) is 3.58. The highest BCUT2D eigenvalue weighted by molar-refractivity contribution is 7.21. The molecule has 1 amide bonds. The Kier molecular flexibility index (Phi) is 5.86. The zero-order chi connectivity index (χ0) is 19.4. The van der Waals surface area contributed by atoms with Gasteiger partial charge < -0.3 is 10.1 Å². The first kappa shape index (κ1) is 19.0. The van der Waals surface area contributed by atoms with E-state index in [1.165, 1.54) is 11.3 Å². The average molecular weight is 382 g/mol. The zero-order valence-corrected chi connectivity index (χ0v) is 16.4. The van der Waals surface area contributed by atoms with Gasteiger partial charge in [0, 0.05) is 11.6 Å². The molecule has 3 aromatic rings. The van der Waals surface area contributed by atoms with Crippen LogP contribution in [0.4, 0.5) is 0 Å². The zero-order valence-electron chi connectivity index (χ0n) is 15.6. The molecule has 0 aliphatic heterocycles. The Morgan fingerprint density at radius 1 is 1.07 bits per heavy atom. The maximum absolute atomic E-state index is 12.6. The molecule has 0 saturated heterocycles. The summed E-state index contributed by atoms with van der Waals surface area (Å²) in [5.74, 6) is -0.524. The molecule has 1 heterocycles. The minimum atomic E-state index is -0.530. The lowest BCUT2D eigenvalue weighted by molar-refractivity contribution is -0.125. The lowest BCUT2D eigenvalue weighted by Crippen LogP contribution is -2.38. The third kappa shape index (κ3) is 4.52. The van der Waals surface area contributed by atoms with Crippen LogP contribution in [-0.2, 0) is 9.53 Å². The molecular formula is C21H22N2O3S. The molecule has 0 bridgehead atoms. The summed E-state index contributed by atoms with van der Waals surface area (Å²) < 4.78 is 6.29. The fourth-order valence-corrected chi connectivity index (χ4v) is 3.51. The predicted molar refractivity (Wildman–Crippen MR) is 108 cm³/mol. The monoisotopic (exact) mass is 382 g/mol. The number of aromatic nitrogens is 1. The SMILES string of the molecule is CC(C)[C@H](C)NC(=O)COC(=O)c1ccccc1-c1nc2ccccc2s1. The number of esters is 1. The summed E-state index contributed by atoms with van der Waals surface area (Å²) in [4.78, 5) is 29.1. The van der Waals surface area contributed by atoms with E-state index in [1.807, 2.05) is 57.2 Å². The fraction of sp³-hybridized carbons (Fsp3) is 0.286. The summed E-state index contributed by atoms with van der Waals surface area (Å²) in [6, 6.07) is 15.0. The molecule has 140 valence electrons. The van der Waals surface area contributed by atoms with Crippen LogP contribution in [0.3, 0.4) is 0 Å². The summed E-state index contributed by atoms with van der Waals surface area (Å²) in [6.07, 6.45) is 0. The first-order valence-corrected chi connectivity index (χ1v) is 9.69. The number of fused-ring (bicyclic) bond motifs is 1. The van der Waals surface area contributed by atoms with Crippen LogP contribution >= 0.6 is 11.3 Å². The molecule has 6 heteroatoms. The average Bonchev–Trinajstić information content (AvgIpc) is 3.10. The van der Waals surface area contributed by atoms with E-state index in [9.17, 15) is 9.59 Å². The van der Waals surface area contributed by atoms with Crippen molar-refractivity contribution in [3.63, 3.8) is 0 Å². The van der Waals surface area contributed by atoms with Crippen molar-refractivity contribution in [2.24, 2.45) is 5.92 Å². The Morgan fingerprint density at radius 3 is 2.52 bits per heavy atom.